The average molecular weight is 289 g/mol. The van der Waals surface area contributed by atoms with Crippen LogP contribution in [0.3, 0.4) is 0 Å². The van der Waals surface area contributed by atoms with E-state index in [-0.39, 0.29) is 12.4 Å². The minimum Gasteiger partial charge on any atom is -0.384 e. The van der Waals surface area contributed by atoms with Crippen molar-refractivity contribution in [3.8, 4) is 11.8 Å². The highest BCUT2D eigenvalue weighted by atomic mass is 19.1. The number of rotatable bonds is 3. The molecule has 21 heavy (non-hydrogen) atoms. The van der Waals surface area contributed by atoms with Crippen LogP contribution in [0.4, 0.5) is 4.39 Å². The molecule has 1 aliphatic rings. The minimum absolute atomic E-state index is 0.201. The van der Waals surface area contributed by atoms with Gasteiger partial charge in [0.2, 0.25) is 0 Å². The highest BCUT2D eigenvalue weighted by molar-refractivity contribution is 5.37. The van der Waals surface area contributed by atoms with Crippen LogP contribution in [0, 0.1) is 23.1 Å². The van der Waals surface area contributed by atoms with Crippen molar-refractivity contribution in [2.75, 3.05) is 19.7 Å². The molecule has 1 fully saturated rings. The van der Waals surface area contributed by atoms with Gasteiger partial charge in [0.05, 0.1) is 0 Å². The molecule has 0 unspecified atom stereocenters. The number of aliphatic hydroxyl groups is 1. The molecule has 0 bridgehead atoms. The fourth-order valence-corrected chi connectivity index (χ4v) is 2.74. The standard InChI is InChI=1S/C18H24FNO/c1-3-18(2)8-10-20(11-9-18)14-16-7-6-15(5-4-12-21)13-17(16)19/h6-7,13,21H,3,8-12,14H2,1-2H3. The summed E-state index contributed by atoms with van der Waals surface area (Å²) in [4.78, 5) is 2.33. The van der Waals surface area contributed by atoms with E-state index in [1.165, 1.54) is 25.3 Å². The number of aliphatic hydroxyl groups excluding tert-OH is 1. The molecule has 114 valence electrons. The maximum Gasteiger partial charge on any atom is 0.128 e. The van der Waals surface area contributed by atoms with E-state index in [1.807, 2.05) is 12.1 Å². The summed E-state index contributed by atoms with van der Waals surface area (Å²) in [5.74, 6) is 5.06. The Morgan fingerprint density at radius 3 is 2.62 bits per heavy atom. The maximum absolute atomic E-state index is 14.1. The second-order valence-electron chi connectivity index (χ2n) is 6.21. The Morgan fingerprint density at radius 2 is 2.05 bits per heavy atom. The second-order valence-corrected chi connectivity index (χ2v) is 6.21. The monoisotopic (exact) mass is 289 g/mol. The molecule has 0 radical (unpaired) electrons. The zero-order valence-electron chi connectivity index (χ0n) is 13.0. The molecule has 0 saturated carbocycles. The SMILES string of the molecule is CCC1(C)CCN(Cc2ccc(C#CCO)cc2F)CC1. The number of nitrogens with zero attached hydrogens (tertiary/aromatic N) is 1. The first kappa shape index (κ1) is 16.0. The quantitative estimate of drug-likeness (QED) is 0.864. The predicted molar refractivity (Wildman–Crippen MR) is 83.3 cm³/mol. The molecule has 1 aromatic rings. The summed E-state index contributed by atoms with van der Waals surface area (Å²) in [6.07, 6.45) is 3.59. The van der Waals surface area contributed by atoms with Crippen LogP contribution in [-0.4, -0.2) is 29.7 Å². The van der Waals surface area contributed by atoms with E-state index in [4.69, 9.17) is 5.11 Å². The van der Waals surface area contributed by atoms with Gasteiger partial charge in [0.15, 0.2) is 0 Å². The summed E-state index contributed by atoms with van der Waals surface area (Å²) in [7, 11) is 0. The molecular formula is C18H24FNO. The predicted octanol–water partition coefficient (Wildman–Crippen LogP) is 3.18. The molecule has 1 aromatic carbocycles. The van der Waals surface area contributed by atoms with Crippen molar-refractivity contribution in [1.29, 1.82) is 0 Å². The highest BCUT2D eigenvalue weighted by Crippen LogP contribution is 2.34. The van der Waals surface area contributed by atoms with Crippen LogP contribution in [-0.2, 0) is 6.54 Å². The maximum atomic E-state index is 14.1. The first-order chi connectivity index (χ1) is 10.1. The van der Waals surface area contributed by atoms with Crippen LogP contribution < -0.4 is 0 Å². The van der Waals surface area contributed by atoms with E-state index in [2.05, 4.69) is 30.6 Å². The third-order valence-electron chi connectivity index (χ3n) is 4.68. The van der Waals surface area contributed by atoms with E-state index in [0.717, 1.165) is 18.7 Å². The fraction of sp³-hybridized carbons (Fsp3) is 0.556. The van der Waals surface area contributed by atoms with Gasteiger partial charge in [0.1, 0.15) is 12.4 Å². The fourth-order valence-electron chi connectivity index (χ4n) is 2.74. The molecule has 0 aliphatic carbocycles. The van der Waals surface area contributed by atoms with E-state index in [9.17, 15) is 4.39 Å². The largest absolute Gasteiger partial charge is 0.384 e. The molecular weight excluding hydrogens is 265 g/mol. The molecule has 2 nitrogen and oxygen atoms in total. The second kappa shape index (κ2) is 7.06. The summed E-state index contributed by atoms with van der Waals surface area (Å²) in [6, 6.07) is 5.09. The summed E-state index contributed by atoms with van der Waals surface area (Å²) in [5, 5.41) is 8.66. The number of halogens is 1. The molecule has 1 aliphatic heterocycles. The van der Waals surface area contributed by atoms with Gasteiger partial charge in [-0.2, -0.15) is 0 Å². The lowest BCUT2D eigenvalue weighted by Gasteiger charge is -2.39. The molecule has 3 heteroatoms. The lowest BCUT2D eigenvalue weighted by atomic mass is 9.78. The van der Waals surface area contributed by atoms with E-state index in [1.54, 1.807) is 0 Å². The van der Waals surface area contributed by atoms with Crippen molar-refractivity contribution in [2.45, 2.75) is 39.7 Å². The number of hydrogen-bond donors (Lipinski definition) is 1. The first-order valence-electron chi connectivity index (χ1n) is 7.67. The minimum atomic E-state index is -0.205. The van der Waals surface area contributed by atoms with Crippen LogP contribution in [0.25, 0.3) is 0 Å². The number of benzene rings is 1. The summed E-state index contributed by atoms with van der Waals surface area (Å²) >= 11 is 0. The summed E-state index contributed by atoms with van der Waals surface area (Å²) < 4.78 is 14.1. The Labute approximate surface area is 127 Å². The lowest BCUT2D eigenvalue weighted by molar-refractivity contribution is 0.109. The van der Waals surface area contributed by atoms with Crippen LogP contribution in [0.5, 0.6) is 0 Å². The zero-order chi connectivity index (χ0) is 15.3. The van der Waals surface area contributed by atoms with Gasteiger partial charge in [-0.05, 0) is 43.5 Å². The van der Waals surface area contributed by atoms with Crippen molar-refractivity contribution in [3.05, 3.63) is 35.1 Å². The molecule has 0 aromatic heterocycles. The van der Waals surface area contributed by atoms with Crippen molar-refractivity contribution in [2.24, 2.45) is 5.41 Å². The van der Waals surface area contributed by atoms with E-state index in [0.29, 0.717) is 17.5 Å². The van der Waals surface area contributed by atoms with Crippen LogP contribution >= 0.6 is 0 Å². The average Bonchev–Trinajstić information content (AvgIpc) is 2.50. The van der Waals surface area contributed by atoms with Gasteiger partial charge in [-0.3, -0.25) is 4.90 Å². The van der Waals surface area contributed by atoms with Crippen molar-refractivity contribution < 1.29 is 9.50 Å². The zero-order valence-corrected chi connectivity index (χ0v) is 13.0. The van der Waals surface area contributed by atoms with Crippen molar-refractivity contribution in [1.82, 2.24) is 4.90 Å². The van der Waals surface area contributed by atoms with Gasteiger partial charge in [-0.1, -0.05) is 38.2 Å². The Hall–Kier alpha value is -1.37. The molecule has 0 atom stereocenters. The first-order valence-corrected chi connectivity index (χ1v) is 7.67. The van der Waals surface area contributed by atoms with Gasteiger partial charge in [0, 0.05) is 17.7 Å². The molecule has 1 heterocycles. The van der Waals surface area contributed by atoms with Crippen molar-refractivity contribution in [3.63, 3.8) is 0 Å². The third-order valence-corrected chi connectivity index (χ3v) is 4.68. The van der Waals surface area contributed by atoms with Gasteiger partial charge in [-0.15, -0.1) is 0 Å². The normalized spacial score (nSPS) is 18.1. The molecule has 0 amide bonds. The number of hydrogen-bond acceptors (Lipinski definition) is 2. The Balaban J connectivity index is 1.98. The lowest BCUT2D eigenvalue weighted by Crippen LogP contribution is -2.38. The topological polar surface area (TPSA) is 23.5 Å². The third kappa shape index (κ3) is 4.30. The summed E-state index contributed by atoms with van der Waals surface area (Å²) in [5.41, 5.74) is 1.80. The van der Waals surface area contributed by atoms with E-state index < -0.39 is 0 Å². The van der Waals surface area contributed by atoms with Crippen LogP contribution in [0.2, 0.25) is 0 Å². The number of piperidine rings is 1. The van der Waals surface area contributed by atoms with Gasteiger partial charge >= 0.3 is 0 Å². The van der Waals surface area contributed by atoms with Crippen LogP contribution in [0.15, 0.2) is 18.2 Å². The summed E-state index contributed by atoms with van der Waals surface area (Å²) in [6.45, 7) is 7.14. The molecule has 1 saturated heterocycles. The Kier molecular flexibility index (Phi) is 5.39. The number of likely N-dealkylation sites (tertiary alicyclic amines) is 1. The van der Waals surface area contributed by atoms with Crippen LogP contribution in [0.1, 0.15) is 44.2 Å². The highest BCUT2D eigenvalue weighted by Gasteiger charge is 2.28. The molecule has 0 spiro atoms. The van der Waals surface area contributed by atoms with Gasteiger partial charge in [-0.25, -0.2) is 4.39 Å². The van der Waals surface area contributed by atoms with E-state index >= 15 is 0 Å². The van der Waals surface area contributed by atoms with Gasteiger partial charge < -0.3 is 5.11 Å². The van der Waals surface area contributed by atoms with Crippen molar-refractivity contribution >= 4 is 0 Å². The Bertz CT molecular complexity index is 536. The van der Waals surface area contributed by atoms with Gasteiger partial charge in [0.25, 0.3) is 0 Å². The molecule has 2 rings (SSSR count). The smallest absolute Gasteiger partial charge is 0.128 e. The molecule has 1 N–H and O–H groups in total. The Morgan fingerprint density at radius 1 is 1.33 bits per heavy atom.